The molecule has 3 nitrogen and oxygen atoms in total. The van der Waals surface area contributed by atoms with E-state index in [4.69, 9.17) is 4.74 Å². The summed E-state index contributed by atoms with van der Waals surface area (Å²) in [6, 6.07) is 13.5. The first-order valence-electron chi connectivity index (χ1n) is 7.11. The summed E-state index contributed by atoms with van der Waals surface area (Å²) in [5, 5.41) is 0.0312. The lowest BCUT2D eigenvalue weighted by atomic mass is 10.1. The highest BCUT2D eigenvalue weighted by atomic mass is 79.9. The van der Waals surface area contributed by atoms with Crippen LogP contribution in [0.15, 0.2) is 51.4 Å². The van der Waals surface area contributed by atoms with Crippen LogP contribution < -0.4 is 4.74 Å². The van der Waals surface area contributed by atoms with Gasteiger partial charge >= 0.3 is 0 Å². The summed E-state index contributed by atoms with van der Waals surface area (Å²) < 4.78 is 7.10. The number of benzene rings is 2. The fourth-order valence-electron chi connectivity index (χ4n) is 2.58. The Kier molecular flexibility index (Phi) is 5.34. The maximum absolute atomic E-state index is 12.8. The number of hydrogen-bond acceptors (Lipinski definition) is 3. The molecule has 23 heavy (non-hydrogen) atoms. The van der Waals surface area contributed by atoms with Gasteiger partial charge in [0.05, 0.1) is 11.6 Å². The van der Waals surface area contributed by atoms with Crippen LogP contribution in [0, 0.1) is 0 Å². The number of amides is 1. The zero-order valence-corrected chi connectivity index (χ0v) is 16.4. The monoisotopic (exact) mass is 455 g/mol. The first-order chi connectivity index (χ1) is 11.1. The first-order valence-corrected chi connectivity index (χ1v) is 9.75. The van der Waals surface area contributed by atoms with Crippen LogP contribution in [0.4, 0.5) is 0 Å². The highest BCUT2D eigenvalue weighted by Gasteiger charge is 2.31. The fraction of sp³-hybridized carbons (Fsp3) is 0.235. The number of rotatable bonds is 3. The Morgan fingerprint density at radius 3 is 2.78 bits per heavy atom. The van der Waals surface area contributed by atoms with Crippen molar-refractivity contribution < 1.29 is 9.53 Å². The molecule has 1 heterocycles. The van der Waals surface area contributed by atoms with E-state index in [-0.39, 0.29) is 11.3 Å². The molecule has 0 saturated carbocycles. The fourth-order valence-corrected chi connectivity index (χ4v) is 4.78. The van der Waals surface area contributed by atoms with Crippen molar-refractivity contribution in [3.63, 3.8) is 0 Å². The SMILES string of the molecule is COc1ccc(C2SCCN2C(=O)c2cccc(Br)c2)cc1Br. The zero-order chi connectivity index (χ0) is 16.4. The minimum absolute atomic E-state index is 0.0312. The molecule has 3 rings (SSSR count). The lowest BCUT2D eigenvalue weighted by Gasteiger charge is -2.24. The maximum Gasteiger partial charge on any atom is 0.255 e. The van der Waals surface area contributed by atoms with E-state index in [1.54, 1.807) is 18.9 Å². The van der Waals surface area contributed by atoms with Crippen molar-refractivity contribution in [3.8, 4) is 5.75 Å². The molecule has 1 aliphatic rings. The molecule has 6 heteroatoms. The van der Waals surface area contributed by atoms with Crippen molar-refractivity contribution >= 4 is 49.5 Å². The number of halogens is 2. The molecule has 0 bridgehead atoms. The summed E-state index contributed by atoms with van der Waals surface area (Å²) in [6.45, 7) is 0.754. The molecular formula is C17H15Br2NO2S. The zero-order valence-electron chi connectivity index (χ0n) is 12.5. The van der Waals surface area contributed by atoms with Gasteiger partial charge < -0.3 is 9.64 Å². The topological polar surface area (TPSA) is 29.5 Å². The van der Waals surface area contributed by atoms with E-state index < -0.39 is 0 Å². The van der Waals surface area contributed by atoms with Crippen molar-refractivity contribution in [3.05, 3.63) is 62.5 Å². The van der Waals surface area contributed by atoms with E-state index in [0.717, 1.165) is 32.6 Å². The Morgan fingerprint density at radius 2 is 2.09 bits per heavy atom. The molecule has 1 fully saturated rings. The van der Waals surface area contributed by atoms with Crippen molar-refractivity contribution in [1.82, 2.24) is 4.90 Å². The molecule has 1 saturated heterocycles. The summed E-state index contributed by atoms with van der Waals surface area (Å²) in [5.74, 6) is 1.79. The standard InChI is InChI=1S/C17H15Br2NO2S/c1-22-15-6-5-12(10-14(15)19)17-20(7-8-23-17)16(21)11-3-2-4-13(18)9-11/h2-6,9-10,17H,7-8H2,1H3. The molecule has 120 valence electrons. The van der Waals surface area contributed by atoms with Crippen molar-refractivity contribution in [2.45, 2.75) is 5.37 Å². The second kappa shape index (κ2) is 7.28. The van der Waals surface area contributed by atoms with Gasteiger partial charge in [0.2, 0.25) is 0 Å². The van der Waals surface area contributed by atoms with E-state index in [2.05, 4.69) is 31.9 Å². The molecule has 1 aliphatic heterocycles. The third-order valence-electron chi connectivity index (χ3n) is 3.68. The molecule has 1 atom stereocenters. The van der Waals surface area contributed by atoms with E-state index in [1.807, 2.05) is 47.4 Å². The Morgan fingerprint density at radius 1 is 1.26 bits per heavy atom. The van der Waals surface area contributed by atoms with Gasteiger partial charge in [-0.1, -0.05) is 28.1 Å². The normalized spacial score (nSPS) is 17.3. The summed E-state index contributed by atoms with van der Waals surface area (Å²) in [7, 11) is 1.65. The largest absolute Gasteiger partial charge is 0.496 e. The van der Waals surface area contributed by atoms with Crippen LogP contribution in [0.2, 0.25) is 0 Å². The molecule has 0 aromatic heterocycles. The van der Waals surface area contributed by atoms with Gasteiger partial charge in [0.1, 0.15) is 11.1 Å². The van der Waals surface area contributed by atoms with Crippen molar-refractivity contribution in [1.29, 1.82) is 0 Å². The lowest BCUT2D eigenvalue weighted by Crippen LogP contribution is -2.30. The van der Waals surface area contributed by atoms with Gasteiger partial charge in [-0.3, -0.25) is 4.79 Å². The second-order valence-corrected chi connectivity index (χ2v) is 8.08. The second-order valence-electron chi connectivity index (χ2n) is 5.13. The summed E-state index contributed by atoms with van der Waals surface area (Å²) in [6.07, 6.45) is 0. The van der Waals surface area contributed by atoms with Crippen molar-refractivity contribution in [2.75, 3.05) is 19.4 Å². The minimum atomic E-state index is 0.0312. The van der Waals surface area contributed by atoms with Gasteiger partial charge in [-0.05, 0) is 51.8 Å². The summed E-state index contributed by atoms with van der Waals surface area (Å²) in [5.41, 5.74) is 1.81. The van der Waals surface area contributed by atoms with Gasteiger partial charge in [-0.15, -0.1) is 11.8 Å². The van der Waals surface area contributed by atoms with Crippen LogP contribution in [-0.4, -0.2) is 30.2 Å². The smallest absolute Gasteiger partial charge is 0.255 e. The molecule has 2 aromatic carbocycles. The molecule has 0 radical (unpaired) electrons. The third kappa shape index (κ3) is 3.59. The predicted octanol–water partition coefficient (Wildman–Crippen LogP) is 5.11. The van der Waals surface area contributed by atoms with Crippen LogP contribution in [0.3, 0.4) is 0 Å². The van der Waals surface area contributed by atoms with Gasteiger partial charge in [-0.25, -0.2) is 0 Å². The summed E-state index contributed by atoms with van der Waals surface area (Å²) >= 11 is 8.73. The Hall–Kier alpha value is -0.980. The number of ether oxygens (including phenoxy) is 1. The molecule has 1 unspecified atom stereocenters. The van der Waals surface area contributed by atoms with Crippen LogP contribution in [0.1, 0.15) is 21.3 Å². The molecule has 2 aromatic rings. The van der Waals surface area contributed by atoms with Gasteiger partial charge in [0.25, 0.3) is 5.91 Å². The quantitative estimate of drug-likeness (QED) is 0.642. The minimum Gasteiger partial charge on any atom is -0.496 e. The van der Waals surface area contributed by atoms with E-state index in [1.165, 1.54) is 0 Å². The lowest BCUT2D eigenvalue weighted by molar-refractivity contribution is 0.0760. The Balaban J connectivity index is 1.88. The van der Waals surface area contributed by atoms with Gasteiger partial charge in [0.15, 0.2) is 0 Å². The Labute approximate surface area is 156 Å². The average molecular weight is 457 g/mol. The molecule has 0 spiro atoms. The van der Waals surface area contributed by atoms with Crippen LogP contribution in [0.5, 0.6) is 5.75 Å². The van der Waals surface area contributed by atoms with E-state index in [9.17, 15) is 4.79 Å². The number of methoxy groups -OCH3 is 1. The van der Waals surface area contributed by atoms with Crippen LogP contribution >= 0.6 is 43.6 Å². The van der Waals surface area contributed by atoms with E-state index >= 15 is 0 Å². The molecular weight excluding hydrogens is 442 g/mol. The number of carbonyl (C=O) groups is 1. The Bertz CT molecular complexity index is 738. The molecule has 0 N–H and O–H groups in total. The van der Waals surface area contributed by atoms with Gasteiger partial charge in [0, 0.05) is 22.3 Å². The third-order valence-corrected chi connectivity index (χ3v) is 6.06. The number of nitrogens with zero attached hydrogens (tertiary/aromatic N) is 1. The maximum atomic E-state index is 12.8. The van der Waals surface area contributed by atoms with Gasteiger partial charge in [-0.2, -0.15) is 0 Å². The molecule has 1 amide bonds. The highest BCUT2D eigenvalue weighted by Crippen LogP contribution is 2.41. The first kappa shape index (κ1) is 16.9. The number of hydrogen-bond donors (Lipinski definition) is 0. The summed E-state index contributed by atoms with van der Waals surface area (Å²) in [4.78, 5) is 14.8. The number of thioether (sulfide) groups is 1. The highest BCUT2D eigenvalue weighted by molar-refractivity contribution is 9.10. The van der Waals surface area contributed by atoms with Crippen LogP contribution in [0.25, 0.3) is 0 Å². The predicted molar refractivity (Wildman–Crippen MR) is 101 cm³/mol. The van der Waals surface area contributed by atoms with Crippen molar-refractivity contribution in [2.24, 2.45) is 0 Å². The van der Waals surface area contributed by atoms with E-state index in [0.29, 0.717) is 5.56 Å². The number of carbonyl (C=O) groups excluding carboxylic acids is 1. The molecule has 0 aliphatic carbocycles. The van der Waals surface area contributed by atoms with Crippen LogP contribution in [-0.2, 0) is 0 Å². The average Bonchev–Trinajstić information content (AvgIpc) is 3.03.